The molecule has 2 aromatic heterocycles. The van der Waals surface area contributed by atoms with Crippen molar-refractivity contribution in [2.24, 2.45) is 5.92 Å². The fraction of sp³-hybridized carbons (Fsp3) is 0.545. The number of pyridine rings is 1. The maximum absolute atomic E-state index is 12.3. The van der Waals surface area contributed by atoms with Crippen molar-refractivity contribution in [3.63, 3.8) is 0 Å². The van der Waals surface area contributed by atoms with Gasteiger partial charge < -0.3 is 9.80 Å². The Morgan fingerprint density at radius 3 is 2.48 bits per heavy atom. The maximum atomic E-state index is 12.3. The predicted molar refractivity (Wildman–Crippen MR) is 111 cm³/mol. The number of hydrogen-bond acceptors (Lipinski definition) is 5. The van der Waals surface area contributed by atoms with Crippen LogP contribution in [0.2, 0.25) is 0 Å². The van der Waals surface area contributed by atoms with Gasteiger partial charge in [-0.3, -0.25) is 14.6 Å². The van der Waals surface area contributed by atoms with Gasteiger partial charge in [-0.15, -0.1) is 0 Å². The molecule has 0 aliphatic carbocycles. The Balaban J connectivity index is 1.29. The molecular weight excluding hydrogens is 366 g/mol. The number of likely N-dealkylation sites (tertiary alicyclic amines) is 2. The molecule has 2 aliphatic rings. The highest BCUT2D eigenvalue weighted by Crippen LogP contribution is 2.20. The lowest BCUT2D eigenvalue weighted by molar-refractivity contribution is -0.133. The van der Waals surface area contributed by atoms with Gasteiger partial charge in [0.05, 0.1) is 5.69 Å². The SMILES string of the molecule is O=C1CCCCN1CCN1CCC(Cn2nc(-c3ccncc3)ccc2=O)CC1. The topological polar surface area (TPSA) is 71.3 Å². The van der Waals surface area contributed by atoms with Gasteiger partial charge in [-0.25, -0.2) is 4.68 Å². The van der Waals surface area contributed by atoms with Gasteiger partial charge in [0.1, 0.15) is 0 Å². The highest BCUT2D eigenvalue weighted by Gasteiger charge is 2.23. The second-order valence-electron chi connectivity index (χ2n) is 8.10. The molecule has 0 unspecified atom stereocenters. The number of hydrogen-bond donors (Lipinski definition) is 0. The van der Waals surface area contributed by atoms with Crippen LogP contribution in [0.25, 0.3) is 11.3 Å². The van der Waals surface area contributed by atoms with Gasteiger partial charge in [0.2, 0.25) is 5.91 Å². The van der Waals surface area contributed by atoms with Gasteiger partial charge in [0.25, 0.3) is 5.56 Å². The molecule has 0 aromatic carbocycles. The first-order valence-electron chi connectivity index (χ1n) is 10.7. The van der Waals surface area contributed by atoms with Crippen molar-refractivity contribution in [1.29, 1.82) is 0 Å². The minimum absolute atomic E-state index is 0.0474. The average molecular weight is 396 g/mol. The minimum Gasteiger partial charge on any atom is -0.341 e. The first-order chi connectivity index (χ1) is 14.2. The van der Waals surface area contributed by atoms with Crippen molar-refractivity contribution in [2.75, 3.05) is 32.7 Å². The first-order valence-corrected chi connectivity index (χ1v) is 10.7. The summed E-state index contributed by atoms with van der Waals surface area (Å²) in [6.07, 6.45) is 8.47. The molecular formula is C22H29N5O2. The van der Waals surface area contributed by atoms with Crippen LogP contribution in [-0.4, -0.2) is 63.2 Å². The van der Waals surface area contributed by atoms with Crippen LogP contribution in [0.1, 0.15) is 32.1 Å². The van der Waals surface area contributed by atoms with E-state index in [1.165, 1.54) is 0 Å². The Morgan fingerprint density at radius 2 is 1.72 bits per heavy atom. The second-order valence-corrected chi connectivity index (χ2v) is 8.10. The molecule has 0 N–H and O–H groups in total. The van der Waals surface area contributed by atoms with Crippen LogP contribution in [0.3, 0.4) is 0 Å². The van der Waals surface area contributed by atoms with Gasteiger partial charge in [0.15, 0.2) is 0 Å². The third-order valence-corrected chi connectivity index (χ3v) is 6.09. The zero-order chi connectivity index (χ0) is 20.1. The Hall–Kier alpha value is -2.54. The normalized spacial score (nSPS) is 18.9. The minimum atomic E-state index is -0.0474. The largest absolute Gasteiger partial charge is 0.341 e. The molecule has 4 heterocycles. The summed E-state index contributed by atoms with van der Waals surface area (Å²) in [6, 6.07) is 7.19. The summed E-state index contributed by atoms with van der Waals surface area (Å²) in [5, 5.41) is 4.58. The van der Waals surface area contributed by atoms with Crippen molar-refractivity contribution in [3.8, 4) is 11.3 Å². The van der Waals surface area contributed by atoms with E-state index >= 15 is 0 Å². The molecule has 154 valence electrons. The van der Waals surface area contributed by atoms with Gasteiger partial charge >= 0.3 is 0 Å². The summed E-state index contributed by atoms with van der Waals surface area (Å²) in [7, 11) is 0. The number of nitrogens with zero attached hydrogens (tertiary/aromatic N) is 5. The molecule has 2 aliphatic heterocycles. The molecule has 2 aromatic rings. The molecule has 0 atom stereocenters. The third kappa shape index (κ3) is 5.09. The van der Waals surface area contributed by atoms with Crippen molar-refractivity contribution < 1.29 is 4.79 Å². The van der Waals surface area contributed by atoms with Gasteiger partial charge in [0, 0.05) is 56.6 Å². The van der Waals surface area contributed by atoms with Crippen LogP contribution in [-0.2, 0) is 11.3 Å². The zero-order valence-electron chi connectivity index (χ0n) is 16.9. The van der Waals surface area contributed by atoms with E-state index in [1.54, 1.807) is 29.2 Å². The molecule has 1 amide bonds. The number of carbonyl (C=O) groups excluding carboxylic acids is 1. The van der Waals surface area contributed by atoms with Crippen LogP contribution < -0.4 is 5.56 Å². The molecule has 0 spiro atoms. The lowest BCUT2D eigenvalue weighted by atomic mass is 9.97. The lowest BCUT2D eigenvalue weighted by Crippen LogP contribution is -2.44. The summed E-state index contributed by atoms with van der Waals surface area (Å²) >= 11 is 0. The van der Waals surface area contributed by atoms with Crippen LogP contribution in [0.5, 0.6) is 0 Å². The highest BCUT2D eigenvalue weighted by molar-refractivity contribution is 5.76. The van der Waals surface area contributed by atoms with E-state index in [9.17, 15) is 9.59 Å². The smallest absolute Gasteiger partial charge is 0.266 e. The molecule has 2 fully saturated rings. The number of carbonyl (C=O) groups is 1. The molecule has 7 heteroatoms. The average Bonchev–Trinajstić information content (AvgIpc) is 2.76. The van der Waals surface area contributed by atoms with E-state index in [0.717, 1.165) is 69.7 Å². The van der Waals surface area contributed by atoms with Gasteiger partial charge in [-0.05, 0) is 62.9 Å². The van der Waals surface area contributed by atoms with E-state index in [2.05, 4.69) is 15.0 Å². The zero-order valence-corrected chi connectivity index (χ0v) is 16.9. The molecule has 2 saturated heterocycles. The van der Waals surface area contributed by atoms with E-state index in [0.29, 0.717) is 24.8 Å². The molecule has 4 rings (SSSR count). The lowest BCUT2D eigenvalue weighted by Gasteiger charge is -2.34. The summed E-state index contributed by atoms with van der Waals surface area (Å²) in [6.45, 7) is 5.41. The molecule has 0 saturated carbocycles. The second kappa shape index (κ2) is 9.31. The summed E-state index contributed by atoms with van der Waals surface area (Å²) in [4.78, 5) is 32.7. The quantitative estimate of drug-likeness (QED) is 0.748. The van der Waals surface area contributed by atoms with Crippen molar-refractivity contribution in [1.82, 2.24) is 24.6 Å². The van der Waals surface area contributed by atoms with Gasteiger partial charge in [-0.1, -0.05) is 0 Å². The van der Waals surface area contributed by atoms with E-state index in [4.69, 9.17) is 0 Å². The van der Waals surface area contributed by atoms with Crippen LogP contribution >= 0.6 is 0 Å². The van der Waals surface area contributed by atoms with E-state index in [-0.39, 0.29) is 5.56 Å². The highest BCUT2D eigenvalue weighted by atomic mass is 16.2. The fourth-order valence-electron chi connectivity index (χ4n) is 4.25. The number of piperidine rings is 2. The number of rotatable bonds is 6. The van der Waals surface area contributed by atoms with Crippen molar-refractivity contribution >= 4 is 5.91 Å². The van der Waals surface area contributed by atoms with Crippen LogP contribution in [0.15, 0.2) is 41.5 Å². The Bertz CT molecular complexity index is 874. The van der Waals surface area contributed by atoms with Gasteiger partial charge in [-0.2, -0.15) is 5.10 Å². The van der Waals surface area contributed by atoms with Crippen LogP contribution in [0, 0.1) is 5.92 Å². The summed E-state index contributed by atoms with van der Waals surface area (Å²) < 4.78 is 1.61. The standard InChI is InChI=1S/C22H29N5O2/c28-21-3-1-2-12-26(21)16-15-25-13-8-18(9-14-25)17-27-22(29)5-4-20(24-27)19-6-10-23-11-7-19/h4-7,10-11,18H,1-3,8-9,12-17H2. The molecule has 29 heavy (non-hydrogen) atoms. The van der Waals surface area contributed by atoms with Crippen LogP contribution in [0.4, 0.5) is 0 Å². The Morgan fingerprint density at radius 1 is 0.931 bits per heavy atom. The molecule has 0 radical (unpaired) electrons. The summed E-state index contributed by atoms with van der Waals surface area (Å²) in [5.74, 6) is 0.770. The number of amides is 1. The van der Waals surface area contributed by atoms with Crippen molar-refractivity contribution in [3.05, 3.63) is 47.0 Å². The first kappa shape index (κ1) is 19.8. The predicted octanol–water partition coefficient (Wildman–Crippen LogP) is 2.03. The maximum Gasteiger partial charge on any atom is 0.266 e. The van der Waals surface area contributed by atoms with E-state index in [1.807, 2.05) is 17.0 Å². The third-order valence-electron chi connectivity index (χ3n) is 6.09. The Labute approximate surface area is 171 Å². The van der Waals surface area contributed by atoms with Crippen molar-refractivity contribution in [2.45, 2.75) is 38.6 Å². The van der Waals surface area contributed by atoms with E-state index < -0.39 is 0 Å². The number of aromatic nitrogens is 3. The Kier molecular flexibility index (Phi) is 6.34. The molecule has 0 bridgehead atoms. The monoisotopic (exact) mass is 395 g/mol. The fourth-order valence-corrected chi connectivity index (χ4v) is 4.25. The molecule has 7 nitrogen and oxygen atoms in total. The summed E-state index contributed by atoms with van der Waals surface area (Å²) in [5.41, 5.74) is 1.72.